The number of aliphatic carboxylic acids is 1. The van der Waals surface area contributed by atoms with E-state index in [1.165, 1.54) is 18.2 Å². The number of carboxylic acid groups (broad SMARTS) is 1. The summed E-state index contributed by atoms with van der Waals surface area (Å²) in [6, 6.07) is 1.48. The summed E-state index contributed by atoms with van der Waals surface area (Å²) in [5.41, 5.74) is -0.363. The van der Waals surface area contributed by atoms with Crippen LogP contribution in [-0.4, -0.2) is 5.97 Å². The molecular formula is C7H6KNO2. The Bertz CT molecular complexity index is 225. The monoisotopic (exact) mass is 175 g/mol. The number of carboxylic acids is 1. The van der Waals surface area contributed by atoms with Gasteiger partial charge in [-0.15, -0.1) is 0 Å². The van der Waals surface area contributed by atoms with E-state index in [1.54, 1.807) is 13.0 Å². The third kappa shape index (κ3) is 6.47. The van der Waals surface area contributed by atoms with Crippen LogP contribution >= 0.6 is 0 Å². The van der Waals surface area contributed by atoms with Crippen molar-refractivity contribution >= 4 is 5.97 Å². The second kappa shape index (κ2) is 8.18. The first kappa shape index (κ1) is 13.7. The van der Waals surface area contributed by atoms with Crippen LogP contribution in [-0.2, 0) is 4.79 Å². The molecule has 11 heavy (non-hydrogen) atoms. The Kier molecular flexibility index (Phi) is 10.1. The van der Waals surface area contributed by atoms with Crippen molar-refractivity contribution in [1.29, 1.82) is 5.26 Å². The number of carbonyl (C=O) groups excluding carboxylic acids is 1. The van der Waals surface area contributed by atoms with Gasteiger partial charge in [0.25, 0.3) is 0 Å². The van der Waals surface area contributed by atoms with E-state index < -0.39 is 5.97 Å². The van der Waals surface area contributed by atoms with Crippen molar-refractivity contribution in [3.63, 3.8) is 0 Å². The van der Waals surface area contributed by atoms with E-state index in [0.29, 0.717) is 0 Å². The second-order valence-corrected chi connectivity index (χ2v) is 1.51. The molecule has 0 unspecified atom stereocenters. The molecule has 0 aromatic rings. The number of nitrogens with zero attached hydrogens (tertiary/aromatic N) is 1. The van der Waals surface area contributed by atoms with Crippen molar-refractivity contribution in [1.82, 2.24) is 0 Å². The molecular weight excluding hydrogens is 169 g/mol. The fourth-order valence-electron chi connectivity index (χ4n) is 0.343. The SMILES string of the molecule is CC=CC=C(C#N)C(=O)[O-].[K+]. The Morgan fingerprint density at radius 2 is 2.18 bits per heavy atom. The van der Waals surface area contributed by atoms with Crippen molar-refractivity contribution in [3.8, 4) is 6.07 Å². The summed E-state index contributed by atoms with van der Waals surface area (Å²) < 4.78 is 0. The summed E-state index contributed by atoms with van der Waals surface area (Å²) in [5, 5.41) is 18.2. The van der Waals surface area contributed by atoms with Gasteiger partial charge in [0.15, 0.2) is 0 Å². The fourth-order valence-corrected chi connectivity index (χ4v) is 0.343. The topological polar surface area (TPSA) is 63.9 Å². The zero-order valence-corrected chi connectivity index (χ0v) is 9.62. The van der Waals surface area contributed by atoms with E-state index in [9.17, 15) is 9.90 Å². The number of allylic oxidation sites excluding steroid dienone is 3. The van der Waals surface area contributed by atoms with E-state index in [0.717, 1.165) is 0 Å². The van der Waals surface area contributed by atoms with Crippen molar-refractivity contribution in [2.45, 2.75) is 6.92 Å². The van der Waals surface area contributed by atoms with Crippen LogP contribution in [0.25, 0.3) is 0 Å². The van der Waals surface area contributed by atoms with Gasteiger partial charge in [-0.2, -0.15) is 5.26 Å². The van der Waals surface area contributed by atoms with E-state index in [1.807, 2.05) is 0 Å². The van der Waals surface area contributed by atoms with E-state index in [4.69, 9.17) is 5.26 Å². The van der Waals surface area contributed by atoms with E-state index in [2.05, 4.69) is 0 Å². The van der Waals surface area contributed by atoms with Crippen LogP contribution in [0.3, 0.4) is 0 Å². The molecule has 4 heteroatoms. The van der Waals surface area contributed by atoms with Crippen molar-refractivity contribution in [2.75, 3.05) is 0 Å². The first-order valence-corrected chi connectivity index (χ1v) is 2.66. The average Bonchev–Trinajstić information content (AvgIpc) is 1.89. The van der Waals surface area contributed by atoms with Crippen molar-refractivity contribution in [3.05, 3.63) is 23.8 Å². The van der Waals surface area contributed by atoms with Gasteiger partial charge in [0.2, 0.25) is 0 Å². The summed E-state index contributed by atoms with van der Waals surface area (Å²) in [4.78, 5) is 10.0. The van der Waals surface area contributed by atoms with Gasteiger partial charge in [-0.05, 0) is 13.0 Å². The van der Waals surface area contributed by atoms with Gasteiger partial charge in [-0.1, -0.05) is 12.2 Å². The van der Waals surface area contributed by atoms with Gasteiger partial charge in [0.05, 0.1) is 11.5 Å². The average molecular weight is 175 g/mol. The van der Waals surface area contributed by atoms with Crippen LogP contribution in [0.5, 0.6) is 0 Å². The minimum Gasteiger partial charge on any atom is -0.544 e. The first-order chi connectivity index (χ1) is 4.72. The number of hydrogen-bond acceptors (Lipinski definition) is 3. The number of hydrogen-bond donors (Lipinski definition) is 0. The molecule has 0 aliphatic carbocycles. The standard InChI is InChI=1S/C7H7NO2.K/c1-2-3-4-6(5-8)7(9)10;/h2-4H,1H3,(H,9,10);/q;+1/p-1. The molecule has 0 aliphatic rings. The molecule has 0 fully saturated rings. The maximum absolute atomic E-state index is 10.0. The van der Waals surface area contributed by atoms with Gasteiger partial charge in [0.1, 0.15) is 6.07 Å². The molecule has 0 radical (unpaired) electrons. The second-order valence-electron chi connectivity index (χ2n) is 1.51. The number of carbonyl (C=O) groups is 1. The molecule has 0 rings (SSSR count). The third-order valence-electron chi connectivity index (χ3n) is 0.796. The van der Waals surface area contributed by atoms with Crippen LogP contribution in [0.15, 0.2) is 23.8 Å². The predicted octanol–water partition coefficient (Wildman–Crippen LogP) is -3.23. The summed E-state index contributed by atoms with van der Waals surface area (Å²) in [6.07, 6.45) is 4.28. The fraction of sp³-hybridized carbons (Fsp3) is 0.143. The Morgan fingerprint density at radius 1 is 1.64 bits per heavy atom. The minimum absolute atomic E-state index is 0. The third-order valence-corrected chi connectivity index (χ3v) is 0.796. The Labute approximate surface area is 108 Å². The molecule has 0 saturated carbocycles. The molecule has 0 saturated heterocycles. The normalized spacial score (nSPS) is 10.4. The van der Waals surface area contributed by atoms with E-state index >= 15 is 0 Å². The van der Waals surface area contributed by atoms with Crippen LogP contribution in [0.1, 0.15) is 6.92 Å². The minimum atomic E-state index is -1.44. The van der Waals surface area contributed by atoms with E-state index in [-0.39, 0.29) is 57.0 Å². The molecule has 0 atom stereocenters. The maximum Gasteiger partial charge on any atom is 1.00 e. The molecule has 0 aliphatic heterocycles. The summed E-state index contributed by atoms with van der Waals surface area (Å²) in [6.45, 7) is 1.72. The Hall–Kier alpha value is 0.0764. The molecule has 0 aromatic heterocycles. The molecule has 0 N–H and O–H groups in total. The van der Waals surface area contributed by atoms with Gasteiger partial charge < -0.3 is 9.90 Å². The summed E-state index contributed by atoms with van der Waals surface area (Å²) in [5.74, 6) is -1.44. The smallest absolute Gasteiger partial charge is 0.544 e. The van der Waals surface area contributed by atoms with Gasteiger partial charge >= 0.3 is 51.4 Å². The summed E-state index contributed by atoms with van der Waals surface area (Å²) in [7, 11) is 0. The maximum atomic E-state index is 10.0. The molecule has 0 spiro atoms. The molecule has 3 nitrogen and oxygen atoms in total. The van der Waals surface area contributed by atoms with Crippen LogP contribution < -0.4 is 56.5 Å². The van der Waals surface area contributed by atoms with Gasteiger partial charge in [0, 0.05) is 0 Å². The Balaban J connectivity index is 0. The number of rotatable bonds is 2. The van der Waals surface area contributed by atoms with Gasteiger partial charge in [-0.3, -0.25) is 0 Å². The van der Waals surface area contributed by atoms with Crippen molar-refractivity contribution < 1.29 is 61.3 Å². The molecule has 0 aromatic carbocycles. The van der Waals surface area contributed by atoms with Crippen LogP contribution in [0.2, 0.25) is 0 Å². The molecule has 52 valence electrons. The van der Waals surface area contributed by atoms with Crippen molar-refractivity contribution in [2.24, 2.45) is 0 Å². The van der Waals surface area contributed by atoms with Gasteiger partial charge in [-0.25, -0.2) is 0 Å². The summed E-state index contributed by atoms with van der Waals surface area (Å²) >= 11 is 0. The molecule has 0 bridgehead atoms. The zero-order chi connectivity index (χ0) is 7.98. The predicted molar refractivity (Wildman–Crippen MR) is 33.5 cm³/mol. The zero-order valence-electron chi connectivity index (χ0n) is 6.50. The van der Waals surface area contributed by atoms with Crippen LogP contribution in [0, 0.1) is 11.3 Å². The largest absolute Gasteiger partial charge is 1.00 e. The first-order valence-electron chi connectivity index (χ1n) is 2.66. The number of nitriles is 1. The Morgan fingerprint density at radius 3 is 2.45 bits per heavy atom. The molecule has 0 heterocycles. The molecule has 0 amide bonds. The van der Waals surface area contributed by atoms with Crippen LogP contribution in [0.4, 0.5) is 0 Å². The quantitative estimate of drug-likeness (QED) is 0.192.